The number of halogens is 1. The van der Waals surface area contributed by atoms with Crippen LogP contribution in [0, 0.1) is 6.92 Å². The molecule has 138 valence electrons. The van der Waals surface area contributed by atoms with Crippen molar-refractivity contribution < 1.29 is 14.3 Å². The van der Waals surface area contributed by atoms with Crippen molar-refractivity contribution in [2.75, 3.05) is 12.4 Å². The minimum atomic E-state index is -0.400. The van der Waals surface area contributed by atoms with Crippen LogP contribution in [0.25, 0.3) is 5.69 Å². The quantitative estimate of drug-likeness (QED) is 0.667. The second kappa shape index (κ2) is 7.63. The molecule has 1 N–H and O–H groups in total. The van der Waals surface area contributed by atoms with Crippen LogP contribution in [0.4, 0.5) is 5.69 Å². The van der Waals surface area contributed by atoms with Crippen LogP contribution in [-0.2, 0) is 0 Å². The molecular formula is C20H18ClN3O3. The van der Waals surface area contributed by atoms with Gasteiger partial charge < -0.3 is 10.1 Å². The van der Waals surface area contributed by atoms with E-state index in [1.807, 2.05) is 0 Å². The van der Waals surface area contributed by atoms with Crippen LogP contribution >= 0.6 is 11.6 Å². The summed E-state index contributed by atoms with van der Waals surface area (Å²) in [5, 5.41) is 7.73. The SMILES string of the molecule is COc1ccc(NC(=O)c2c(C(C)=O)nn(-c3ccc(Cl)cc3)c2C)cc1. The van der Waals surface area contributed by atoms with E-state index in [0.29, 0.717) is 27.8 Å². The third-order valence-corrected chi connectivity index (χ3v) is 4.35. The predicted molar refractivity (Wildman–Crippen MR) is 104 cm³/mol. The lowest BCUT2D eigenvalue weighted by atomic mass is 10.1. The van der Waals surface area contributed by atoms with Crippen LogP contribution in [0.15, 0.2) is 48.5 Å². The minimum Gasteiger partial charge on any atom is -0.497 e. The van der Waals surface area contributed by atoms with Crippen molar-refractivity contribution >= 4 is 29.0 Å². The maximum Gasteiger partial charge on any atom is 0.259 e. The largest absolute Gasteiger partial charge is 0.497 e. The molecule has 0 radical (unpaired) electrons. The van der Waals surface area contributed by atoms with E-state index < -0.39 is 5.91 Å². The minimum absolute atomic E-state index is 0.119. The topological polar surface area (TPSA) is 73.2 Å². The van der Waals surface area contributed by atoms with Gasteiger partial charge in [-0.2, -0.15) is 5.10 Å². The molecule has 0 aliphatic carbocycles. The Morgan fingerprint density at radius 2 is 1.70 bits per heavy atom. The summed E-state index contributed by atoms with van der Waals surface area (Å²) in [7, 11) is 1.57. The zero-order valence-electron chi connectivity index (χ0n) is 15.1. The van der Waals surface area contributed by atoms with Gasteiger partial charge in [0.15, 0.2) is 5.78 Å². The molecule has 0 saturated heterocycles. The Balaban J connectivity index is 1.98. The smallest absolute Gasteiger partial charge is 0.259 e. The lowest BCUT2D eigenvalue weighted by Crippen LogP contribution is -2.16. The maximum absolute atomic E-state index is 12.8. The number of hydrogen-bond donors (Lipinski definition) is 1. The van der Waals surface area contributed by atoms with E-state index >= 15 is 0 Å². The molecule has 1 heterocycles. The van der Waals surface area contributed by atoms with Crippen LogP contribution in [0.3, 0.4) is 0 Å². The first-order valence-electron chi connectivity index (χ1n) is 8.22. The summed E-state index contributed by atoms with van der Waals surface area (Å²) in [5.74, 6) is -0.00191. The Morgan fingerprint density at radius 1 is 1.07 bits per heavy atom. The number of aromatic nitrogens is 2. The van der Waals surface area contributed by atoms with Gasteiger partial charge in [0.1, 0.15) is 11.4 Å². The fourth-order valence-corrected chi connectivity index (χ4v) is 2.85. The molecule has 0 bridgehead atoms. The second-order valence-electron chi connectivity index (χ2n) is 5.94. The number of benzene rings is 2. The normalized spacial score (nSPS) is 10.5. The molecule has 0 aliphatic heterocycles. The second-order valence-corrected chi connectivity index (χ2v) is 6.37. The van der Waals surface area contributed by atoms with Crippen LogP contribution in [0.2, 0.25) is 5.02 Å². The number of carbonyl (C=O) groups excluding carboxylic acids is 2. The van der Waals surface area contributed by atoms with Crippen LogP contribution in [0.5, 0.6) is 5.75 Å². The summed E-state index contributed by atoms with van der Waals surface area (Å²) in [4.78, 5) is 24.9. The fourth-order valence-electron chi connectivity index (χ4n) is 2.72. The number of nitrogens with one attached hydrogen (secondary N) is 1. The molecule has 0 saturated carbocycles. The monoisotopic (exact) mass is 383 g/mol. The highest BCUT2D eigenvalue weighted by Crippen LogP contribution is 2.22. The van der Waals surface area contributed by atoms with Gasteiger partial charge in [-0.3, -0.25) is 9.59 Å². The van der Waals surface area contributed by atoms with Crippen molar-refractivity contribution in [2.45, 2.75) is 13.8 Å². The number of ether oxygens (including phenoxy) is 1. The van der Waals surface area contributed by atoms with Gasteiger partial charge in [0.2, 0.25) is 0 Å². The van der Waals surface area contributed by atoms with Crippen LogP contribution in [0.1, 0.15) is 33.5 Å². The highest BCUT2D eigenvalue weighted by molar-refractivity contribution is 6.30. The van der Waals surface area contributed by atoms with E-state index in [4.69, 9.17) is 16.3 Å². The molecule has 3 aromatic rings. The molecular weight excluding hydrogens is 366 g/mol. The summed E-state index contributed by atoms with van der Waals surface area (Å²) in [5.41, 5.74) is 2.23. The number of ketones is 1. The molecule has 0 fully saturated rings. The van der Waals surface area contributed by atoms with Gasteiger partial charge in [0.05, 0.1) is 24.1 Å². The number of nitrogens with zero attached hydrogens (tertiary/aromatic N) is 2. The molecule has 0 aliphatic rings. The summed E-state index contributed by atoms with van der Waals surface area (Å²) in [6, 6.07) is 13.9. The molecule has 2 aromatic carbocycles. The Morgan fingerprint density at radius 3 is 2.26 bits per heavy atom. The van der Waals surface area contributed by atoms with Gasteiger partial charge in [-0.15, -0.1) is 0 Å². The zero-order valence-corrected chi connectivity index (χ0v) is 15.9. The van der Waals surface area contributed by atoms with E-state index in [1.54, 1.807) is 67.2 Å². The molecule has 1 aromatic heterocycles. The highest BCUT2D eigenvalue weighted by atomic mass is 35.5. The first kappa shape index (κ1) is 18.7. The first-order chi connectivity index (χ1) is 12.9. The Bertz CT molecular complexity index is 993. The van der Waals surface area contributed by atoms with Gasteiger partial charge in [0.25, 0.3) is 5.91 Å². The summed E-state index contributed by atoms with van der Waals surface area (Å²) in [6.45, 7) is 3.13. The number of methoxy groups -OCH3 is 1. The maximum atomic E-state index is 12.8. The molecule has 0 unspecified atom stereocenters. The third-order valence-electron chi connectivity index (χ3n) is 4.10. The molecule has 0 spiro atoms. The Hall–Kier alpha value is -3.12. The van der Waals surface area contributed by atoms with E-state index in [1.165, 1.54) is 6.92 Å². The van der Waals surface area contributed by atoms with E-state index in [-0.39, 0.29) is 17.0 Å². The van der Waals surface area contributed by atoms with Gasteiger partial charge in [-0.1, -0.05) is 11.6 Å². The lowest BCUT2D eigenvalue weighted by molar-refractivity contribution is 0.0982. The summed E-state index contributed by atoms with van der Waals surface area (Å²) >= 11 is 5.93. The first-order valence-corrected chi connectivity index (χ1v) is 8.60. The third kappa shape index (κ3) is 3.85. The number of anilines is 1. The fraction of sp³-hybridized carbons (Fsp3) is 0.150. The van der Waals surface area contributed by atoms with Gasteiger partial charge in [-0.05, 0) is 55.5 Å². The van der Waals surface area contributed by atoms with Gasteiger partial charge in [-0.25, -0.2) is 4.68 Å². The molecule has 1 amide bonds. The van der Waals surface area contributed by atoms with Gasteiger partial charge >= 0.3 is 0 Å². The van der Waals surface area contributed by atoms with Crippen molar-refractivity contribution in [3.8, 4) is 11.4 Å². The number of Topliss-reactive ketones (excluding diaryl/α,β-unsaturated/α-hetero) is 1. The highest BCUT2D eigenvalue weighted by Gasteiger charge is 2.24. The molecule has 27 heavy (non-hydrogen) atoms. The van der Waals surface area contributed by atoms with E-state index in [9.17, 15) is 9.59 Å². The van der Waals surface area contributed by atoms with Crippen LogP contribution < -0.4 is 10.1 Å². The van der Waals surface area contributed by atoms with Crippen molar-refractivity contribution in [3.05, 3.63) is 70.5 Å². The molecule has 3 rings (SSSR count). The average Bonchev–Trinajstić information content (AvgIpc) is 3.00. The summed E-state index contributed by atoms with van der Waals surface area (Å²) in [6.07, 6.45) is 0. The average molecular weight is 384 g/mol. The number of amides is 1. The van der Waals surface area contributed by atoms with Crippen molar-refractivity contribution in [1.82, 2.24) is 9.78 Å². The van der Waals surface area contributed by atoms with Crippen molar-refractivity contribution in [3.63, 3.8) is 0 Å². The van der Waals surface area contributed by atoms with Gasteiger partial charge in [0, 0.05) is 17.6 Å². The standard InChI is InChI=1S/C20H18ClN3O3/c1-12-18(20(26)22-15-6-10-17(27-3)11-7-15)19(13(2)25)23-24(12)16-8-4-14(21)5-9-16/h4-11H,1-3H3,(H,22,26). The Kier molecular flexibility index (Phi) is 5.28. The lowest BCUT2D eigenvalue weighted by Gasteiger charge is -2.08. The van der Waals surface area contributed by atoms with Crippen molar-refractivity contribution in [2.24, 2.45) is 0 Å². The number of hydrogen-bond acceptors (Lipinski definition) is 4. The van der Waals surface area contributed by atoms with E-state index in [2.05, 4.69) is 10.4 Å². The van der Waals surface area contributed by atoms with Crippen LogP contribution in [-0.4, -0.2) is 28.6 Å². The molecule has 6 nitrogen and oxygen atoms in total. The number of rotatable bonds is 5. The Labute approximate surface area is 161 Å². The molecule has 7 heteroatoms. The zero-order chi connectivity index (χ0) is 19.6. The number of carbonyl (C=O) groups is 2. The van der Waals surface area contributed by atoms with E-state index in [0.717, 1.165) is 0 Å². The molecule has 0 atom stereocenters. The predicted octanol–water partition coefficient (Wildman–Crippen LogP) is 4.30. The van der Waals surface area contributed by atoms with Crippen molar-refractivity contribution in [1.29, 1.82) is 0 Å². The summed E-state index contributed by atoms with van der Waals surface area (Å²) < 4.78 is 6.67.